The molecule has 4 atom stereocenters. The summed E-state index contributed by atoms with van der Waals surface area (Å²) in [5.74, 6) is -6.81. The molecule has 39 heavy (non-hydrogen) atoms. The monoisotopic (exact) mass is 541 g/mol. The molecule has 3 aliphatic rings. The van der Waals surface area contributed by atoms with Crippen LogP contribution in [0.5, 0.6) is 5.75 Å². The zero-order chi connectivity index (χ0) is 29.4. The molecule has 0 aliphatic heterocycles. The molecule has 0 saturated heterocycles. The molecule has 0 saturated carbocycles. The number of hydrogen-bond donors (Lipinski definition) is 5. The first kappa shape index (κ1) is 28.3. The Morgan fingerprint density at radius 3 is 2.33 bits per heavy atom. The first-order valence-corrected chi connectivity index (χ1v) is 12.6. The standard InChI is InChI=1S/C28H35N3O8/c1-11(30-39-7)13-10-16(27(2,3)4)21(32)18-14(13)8-12-9-15-20(31(5)6)23(34)19(26(29)37)25(36)28(15,38)24(35)17(12)22(18)33/h10,12,15,20,32,34-35,38H,8-9H2,1-7H3,(H2,29,37)/b30-11-/t12-,15+,20-,28-/m0/s1. The highest BCUT2D eigenvalue weighted by atomic mass is 16.6. The summed E-state index contributed by atoms with van der Waals surface area (Å²) in [6.45, 7) is 7.32. The van der Waals surface area contributed by atoms with Gasteiger partial charge < -0.3 is 31.0 Å². The summed E-state index contributed by atoms with van der Waals surface area (Å²) in [7, 11) is 4.57. The topological polar surface area (TPSA) is 183 Å². The highest BCUT2D eigenvalue weighted by molar-refractivity contribution is 6.25. The van der Waals surface area contributed by atoms with Gasteiger partial charge in [-0.1, -0.05) is 25.9 Å². The maximum atomic E-state index is 14.1. The first-order chi connectivity index (χ1) is 18.0. The predicted molar refractivity (Wildman–Crippen MR) is 142 cm³/mol. The maximum absolute atomic E-state index is 14.1. The van der Waals surface area contributed by atoms with Crippen LogP contribution in [0.3, 0.4) is 0 Å². The smallest absolute Gasteiger partial charge is 0.255 e. The Balaban J connectivity index is 2.03. The van der Waals surface area contributed by atoms with Crippen LogP contribution in [-0.4, -0.2) is 81.4 Å². The van der Waals surface area contributed by atoms with E-state index in [-0.39, 0.29) is 29.7 Å². The lowest BCUT2D eigenvalue weighted by Gasteiger charge is -2.50. The Kier molecular flexibility index (Phi) is 6.68. The third-order valence-corrected chi connectivity index (χ3v) is 8.15. The van der Waals surface area contributed by atoms with Crippen LogP contribution in [0, 0.1) is 11.8 Å². The molecule has 11 nitrogen and oxygen atoms in total. The minimum atomic E-state index is -2.68. The predicted octanol–water partition coefficient (Wildman–Crippen LogP) is 1.79. The number of Topliss-reactive ketones (excluding diaryl/α,β-unsaturated/α-hetero) is 2. The average molecular weight is 542 g/mol. The van der Waals surface area contributed by atoms with Gasteiger partial charge in [-0.3, -0.25) is 19.3 Å². The van der Waals surface area contributed by atoms with Crippen molar-refractivity contribution in [1.82, 2.24) is 4.90 Å². The van der Waals surface area contributed by atoms with Crippen LogP contribution in [0.15, 0.2) is 33.9 Å². The van der Waals surface area contributed by atoms with E-state index in [1.807, 2.05) is 20.8 Å². The number of hydrogen-bond acceptors (Lipinski definition) is 10. The van der Waals surface area contributed by atoms with Crippen LogP contribution in [-0.2, 0) is 26.3 Å². The van der Waals surface area contributed by atoms with Gasteiger partial charge in [-0.2, -0.15) is 0 Å². The fourth-order valence-electron chi connectivity index (χ4n) is 6.40. The Hall–Kier alpha value is -3.70. The fourth-order valence-corrected chi connectivity index (χ4v) is 6.40. The van der Waals surface area contributed by atoms with Gasteiger partial charge in [-0.25, -0.2) is 0 Å². The Morgan fingerprint density at radius 1 is 1.21 bits per heavy atom. The van der Waals surface area contributed by atoms with Crippen molar-refractivity contribution in [2.24, 2.45) is 22.7 Å². The summed E-state index contributed by atoms with van der Waals surface area (Å²) >= 11 is 0. The number of phenols is 1. The summed E-state index contributed by atoms with van der Waals surface area (Å²) in [5.41, 5.74) is 3.04. The van der Waals surface area contributed by atoms with Gasteiger partial charge in [0.2, 0.25) is 5.78 Å². The molecular weight excluding hydrogens is 506 g/mol. The number of oxime groups is 1. The normalized spacial score (nSPS) is 27.4. The number of allylic oxidation sites excluding steroid dienone is 1. The number of aliphatic hydroxyl groups excluding tert-OH is 2. The quantitative estimate of drug-likeness (QED) is 0.215. The molecule has 11 heteroatoms. The number of aliphatic hydroxyl groups is 3. The molecular formula is C28H35N3O8. The van der Waals surface area contributed by atoms with Crippen molar-refractivity contribution in [3.8, 4) is 5.75 Å². The van der Waals surface area contributed by atoms with Gasteiger partial charge in [0.15, 0.2) is 11.4 Å². The van der Waals surface area contributed by atoms with E-state index in [0.717, 1.165) is 0 Å². The number of primary amides is 1. The molecule has 6 N–H and O–H groups in total. The summed E-state index contributed by atoms with van der Waals surface area (Å²) in [6, 6.07) is 0.719. The van der Waals surface area contributed by atoms with Crippen molar-refractivity contribution in [3.05, 3.63) is 51.0 Å². The number of carbonyl (C=O) groups is 3. The third kappa shape index (κ3) is 3.94. The molecule has 0 radical (unpaired) electrons. The van der Waals surface area contributed by atoms with E-state index in [1.165, 1.54) is 12.0 Å². The number of amides is 1. The van der Waals surface area contributed by atoms with Gasteiger partial charge in [0, 0.05) is 22.6 Å². The van der Waals surface area contributed by atoms with Crippen molar-refractivity contribution in [1.29, 1.82) is 0 Å². The van der Waals surface area contributed by atoms with Crippen molar-refractivity contribution < 1.29 is 39.6 Å². The van der Waals surface area contributed by atoms with Gasteiger partial charge in [0.05, 0.1) is 17.3 Å². The van der Waals surface area contributed by atoms with Crippen LogP contribution in [0.25, 0.3) is 0 Å². The molecule has 3 aliphatic carbocycles. The lowest BCUT2D eigenvalue weighted by Crippen LogP contribution is -2.63. The minimum absolute atomic E-state index is 0.00740. The summed E-state index contributed by atoms with van der Waals surface area (Å²) in [4.78, 5) is 46.1. The molecule has 0 spiro atoms. The van der Waals surface area contributed by atoms with E-state index in [4.69, 9.17) is 10.6 Å². The highest BCUT2D eigenvalue weighted by Gasteiger charge is 2.63. The van der Waals surface area contributed by atoms with Crippen LogP contribution in [0.1, 0.15) is 61.2 Å². The molecule has 1 aromatic rings. The number of benzene rings is 1. The Labute approximate surface area is 226 Å². The summed E-state index contributed by atoms with van der Waals surface area (Å²) < 4.78 is 0. The minimum Gasteiger partial charge on any atom is -0.510 e. The number of ketones is 2. The maximum Gasteiger partial charge on any atom is 0.255 e. The molecule has 0 heterocycles. The van der Waals surface area contributed by atoms with Crippen molar-refractivity contribution in [2.75, 3.05) is 21.2 Å². The van der Waals surface area contributed by atoms with Crippen LogP contribution >= 0.6 is 0 Å². The van der Waals surface area contributed by atoms with E-state index in [9.17, 15) is 34.8 Å². The number of rotatable bonds is 4. The van der Waals surface area contributed by atoms with Gasteiger partial charge in [-0.05, 0) is 56.8 Å². The number of aromatic hydroxyl groups is 1. The van der Waals surface area contributed by atoms with Crippen LogP contribution < -0.4 is 5.73 Å². The largest absolute Gasteiger partial charge is 0.510 e. The zero-order valence-electron chi connectivity index (χ0n) is 23.1. The van der Waals surface area contributed by atoms with Gasteiger partial charge in [0.1, 0.15) is 30.0 Å². The van der Waals surface area contributed by atoms with Crippen molar-refractivity contribution in [2.45, 2.75) is 57.6 Å². The van der Waals surface area contributed by atoms with Gasteiger partial charge >= 0.3 is 0 Å². The van der Waals surface area contributed by atoms with Gasteiger partial charge in [0.25, 0.3) is 5.91 Å². The molecule has 1 aromatic carbocycles. The lowest BCUT2D eigenvalue weighted by molar-refractivity contribution is -0.148. The van der Waals surface area contributed by atoms with E-state index >= 15 is 0 Å². The molecule has 210 valence electrons. The summed E-state index contributed by atoms with van der Waals surface area (Å²) in [6.07, 6.45) is 0.173. The van der Waals surface area contributed by atoms with E-state index < -0.39 is 63.5 Å². The Morgan fingerprint density at radius 2 is 1.82 bits per heavy atom. The fraction of sp³-hybridized carbons (Fsp3) is 0.500. The van der Waals surface area contributed by atoms with E-state index in [1.54, 1.807) is 27.1 Å². The average Bonchev–Trinajstić information content (AvgIpc) is 2.80. The third-order valence-electron chi connectivity index (χ3n) is 8.15. The molecule has 4 rings (SSSR count). The van der Waals surface area contributed by atoms with E-state index in [0.29, 0.717) is 22.4 Å². The number of carbonyl (C=O) groups excluding carboxylic acids is 3. The molecule has 0 unspecified atom stereocenters. The number of nitrogens with two attached hydrogens (primary N) is 1. The molecule has 0 bridgehead atoms. The number of nitrogens with zero attached hydrogens (tertiary/aromatic N) is 2. The lowest BCUT2D eigenvalue weighted by atomic mass is 9.58. The number of phenolic OH excluding ortho intramolecular Hbond substituents is 1. The second kappa shape index (κ2) is 9.20. The van der Waals surface area contributed by atoms with Crippen molar-refractivity contribution >= 4 is 23.2 Å². The van der Waals surface area contributed by atoms with Crippen LogP contribution in [0.2, 0.25) is 0 Å². The second-order valence-electron chi connectivity index (χ2n) is 11.7. The molecule has 0 aromatic heterocycles. The van der Waals surface area contributed by atoms with Gasteiger partial charge in [-0.15, -0.1) is 0 Å². The second-order valence-corrected chi connectivity index (χ2v) is 11.7. The highest BCUT2D eigenvalue weighted by Crippen LogP contribution is 2.53. The zero-order valence-corrected chi connectivity index (χ0v) is 23.1. The molecule has 0 fully saturated rings. The molecule has 1 amide bonds. The van der Waals surface area contributed by atoms with Crippen LogP contribution in [0.4, 0.5) is 0 Å². The first-order valence-electron chi connectivity index (χ1n) is 12.6. The van der Waals surface area contributed by atoms with Crippen molar-refractivity contribution in [3.63, 3.8) is 0 Å². The number of likely N-dealkylation sites (N-methyl/N-ethyl adjacent to an activating group) is 1. The summed E-state index contributed by atoms with van der Waals surface area (Å²) in [5, 5.41) is 49.5. The van der Waals surface area contributed by atoms with E-state index in [2.05, 4.69) is 5.16 Å². The Bertz CT molecular complexity index is 1400. The SMILES string of the molecule is CO/N=C(/C)c1cc(C(C)(C)C)c(O)c2c1C[C@H]1C[C@@H]3[C@H](N(C)C)C(O)=C(C(N)=O)C(=O)[C@@]3(O)C(O)=C1C2=O. The number of fused-ring (bicyclic) bond motifs is 3.